The quantitative estimate of drug-likeness (QED) is 0.179. The maximum Gasteiger partial charge on any atom is 0.0991 e. The Morgan fingerprint density at radius 1 is 0.438 bits per heavy atom. The molecule has 180 valence electrons. The fourth-order valence-corrected chi connectivity index (χ4v) is 9.45. The molecule has 0 heterocycles. The highest BCUT2D eigenvalue weighted by Crippen LogP contribution is 2.57. The summed E-state index contributed by atoms with van der Waals surface area (Å²) >= 11 is 0. The molecule has 2 rings (SSSR count). The minimum absolute atomic E-state index is 0. The van der Waals surface area contributed by atoms with Crippen molar-refractivity contribution in [2.75, 3.05) is 12.3 Å². The maximum absolute atomic E-state index is 2.43. The van der Waals surface area contributed by atoms with Crippen molar-refractivity contribution in [3.8, 4) is 0 Å². The summed E-state index contributed by atoms with van der Waals surface area (Å²) < 4.78 is 0. The van der Waals surface area contributed by atoms with Crippen LogP contribution in [0.15, 0.2) is 60.7 Å². The first-order valence-corrected chi connectivity index (χ1v) is 15.5. The van der Waals surface area contributed by atoms with E-state index in [-0.39, 0.29) is 12.4 Å². The molecule has 0 radical (unpaired) electrons. The lowest BCUT2D eigenvalue weighted by Crippen LogP contribution is -3.00. The van der Waals surface area contributed by atoms with Crippen LogP contribution in [0.25, 0.3) is 0 Å². The lowest BCUT2D eigenvalue weighted by molar-refractivity contribution is -0.00000657. The minimum atomic E-state index is -1.32. The maximum atomic E-state index is 2.43. The third-order valence-corrected chi connectivity index (χ3v) is 11.5. The first-order valence-electron chi connectivity index (χ1n) is 13.3. The predicted molar refractivity (Wildman–Crippen MR) is 145 cm³/mol. The molecule has 0 saturated carbocycles. The van der Waals surface area contributed by atoms with Crippen molar-refractivity contribution < 1.29 is 12.4 Å². The van der Waals surface area contributed by atoms with Crippen LogP contribution in [0, 0.1) is 0 Å². The van der Waals surface area contributed by atoms with Gasteiger partial charge in [0.05, 0.1) is 30.2 Å². The summed E-state index contributed by atoms with van der Waals surface area (Å²) in [4.78, 5) is 0. The lowest BCUT2D eigenvalue weighted by atomic mass is 10.1. The van der Waals surface area contributed by atoms with Crippen molar-refractivity contribution in [3.05, 3.63) is 60.7 Å². The molecule has 0 aliphatic carbocycles. The summed E-state index contributed by atoms with van der Waals surface area (Å²) in [6.07, 6.45) is 22.4. The number of unbranched alkanes of at least 4 members (excludes halogenated alkanes) is 12. The van der Waals surface area contributed by atoms with E-state index in [4.69, 9.17) is 0 Å². The second-order valence-electron chi connectivity index (χ2n) is 9.33. The van der Waals surface area contributed by atoms with Crippen molar-refractivity contribution in [1.82, 2.24) is 0 Å². The summed E-state index contributed by atoms with van der Waals surface area (Å²) in [7, 11) is -1.32. The van der Waals surface area contributed by atoms with Gasteiger partial charge in [0.1, 0.15) is 0 Å². The van der Waals surface area contributed by atoms with Crippen LogP contribution < -0.4 is 23.0 Å². The van der Waals surface area contributed by atoms with Gasteiger partial charge in [-0.2, -0.15) is 0 Å². The van der Waals surface area contributed by atoms with E-state index in [1.165, 1.54) is 102 Å². The van der Waals surface area contributed by atoms with E-state index in [0.717, 1.165) is 0 Å². The van der Waals surface area contributed by atoms with E-state index in [1.54, 1.807) is 10.6 Å². The molecule has 0 saturated heterocycles. The fourth-order valence-electron chi connectivity index (χ4n) is 4.88. The Labute approximate surface area is 206 Å². The van der Waals surface area contributed by atoms with E-state index in [1.807, 2.05) is 0 Å². The van der Waals surface area contributed by atoms with Gasteiger partial charge in [0.2, 0.25) is 0 Å². The molecule has 0 fully saturated rings. The summed E-state index contributed by atoms with van der Waals surface area (Å²) in [6.45, 7) is 4.62. The summed E-state index contributed by atoms with van der Waals surface area (Å²) in [5.74, 6) is 0. The Morgan fingerprint density at radius 2 is 0.750 bits per heavy atom. The normalized spacial score (nSPS) is 11.3. The van der Waals surface area contributed by atoms with Gasteiger partial charge in [0, 0.05) is 0 Å². The van der Waals surface area contributed by atoms with Crippen LogP contribution >= 0.6 is 7.26 Å². The molecule has 0 aliphatic heterocycles. The standard InChI is InChI=1S/C30H48P.ClH/c1-3-5-7-9-11-13-21-27-31(29-23-17-15-18-24-29,30-25-19-16-20-26-30)28-22-14-12-10-8-6-4-2;/h15-20,23-26H,3-14,21-22,27-28H2,1-2H3;1H/q+1;/p-1. The van der Waals surface area contributed by atoms with Crippen molar-refractivity contribution in [2.24, 2.45) is 0 Å². The van der Waals surface area contributed by atoms with Gasteiger partial charge >= 0.3 is 0 Å². The highest BCUT2D eigenvalue weighted by Gasteiger charge is 2.41. The summed E-state index contributed by atoms with van der Waals surface area (Å²) in [5.41, 5.74) is 0. The zero-order valence-electron chi connectivity index (χ0n) is 20.9. The van der Waals surface area contributed by atoms with E-state index < -0.39 is 7.26 Å². The van der Waals surface area contributed by atoms with Gasteiger partial charge in [-0.1, -0.05) is 114 Å². The fraction of sp³-hybridized carbons (Fsp3) is 0.600. The monoisotopic (exact) mass is 474 g/mol. The first-order chi connectivity index (χ1) is 15.3. The Morgan fingerprint density at radius 3 is 1.09 bits per heavy atom. The molecular weight excluding hydrogens is 427 g/mol. The van der Waals surface area contributed by atoms with Crippen molar-refractivity contribution in [1.29, 1.82) is 0 Å². The third kappa shape index (κ3) is 10.4. The van der Waals surface area contributed by atoms with Gasteiger partial charge < -0.3 is 12.4 Å². The number of benzene rings is 2. The lowest BCUT2D eigenvalue weighted by Gasteiger charge is -2.28. The van der Waals surface area contributed by atoms with Gasteiger partial charge in [-0.3, -0.25) is 0 Å². The topological polar surface area (TPSA) is 0 Å². The van der Waals surface area contributed by atoms with E-state index in [2.05, 4.69) is 74.5 Å². The van der Waals surface area contributed by atoms with Crippen molar-refractivity contribution >= 4 is 17.9 Å². The van der Waals surface area contributed by atoms with E-state index in [0.29, 0.717) is 0 Å². The molecule has 0 aliphatic rings. The second-order valence-corrected chi connectivity index (χ2v) is 13.2. The molecule has 0 aromatic heterocycles. The van der Waals surface area contributed by atoms with Crippen LogP contribution in [0.3, 0.4) is 0 Å². The van der Waals surface area contributed by atoms with Crippen LogP contribution in [0.1, 0.15) is 104 Å². The molecule has 0 atom stereocenters. The van der Waals surface area contributed by atoms with Crippen LogP contribution in [0.4, 0.5) is 0 Å². The molecular formula is C30H48ClP. The average Bonchev–Trinajstić information content (AvgIpc) is 2.83. The molecule has 0 amide bonds. The van der Waals surface area contributed by atoms with Gasteiger partial charge in [0.15, 0.2) is 0 Å². The molecule has 0 bridgehead atoms. The summed E-state index contributed by atoms with van der Waals surface area (Å²) in [5, 5.41) is 3.27. The largest absolute Gasteiger partial charge is 1.00 e. The van der Waals surface area contributed by atoms with E-state index >= 15 is 0 Å². The Balaban J connectivity index is 0.00000512. The van der Waals surface area contributed by atoms with Crippen molar-refractivity contribution in [3.63, 3.8) is 0 Å². The highest BCUT2D eigenvalue weighted by molar-refractivity contribution is 7.89. The Kier molecular flexibility index (Phi) is 16.9. The predicted octanol–water partition coefficient (Wildman–Crippen LogP) is 6.16. The smallest absolute Gasteiger partial charge is 0.0991 e. The van der Waals surface area contributed by atoms with Gasteiger partial charge in [0.25, 0.3) is 0 Å². The molecule has 0 spiro atoms. The number of hydrogen-bond donors (Lipinski definition) is 0. The van der Waals surface area contributed by atoms with Gasteiger partial charge in [-0.15, -0.1) is 0 Å². The minimum Gasteiger partial charge on any atom is -1.00 e. The van der Waals surface area contributed by atoms with Crippen LogP contribution in [0.2, 0.25) is 0 Å². The van der Waals surface area contributed by atoms with Crippen LogP contribution in [-0.4, -0.2) is 12.3 Å². The highest BCUT2D eigenvalue weighted by atomic mass is 35.5. The Bertz CT molecular complexity index is 596. The first kappa shape index (κ1) is 29.2. The van der Waals surface area contributed by atoms with Crippen LogP contribution in [-0.2, 0) is 0 Å². The molecule has 32 heavy (non-hydrogen) atoms. The molecule has 0 unspecified atom stereocenters. The van der Waals surface area contributed by atoms with Gasteiger partial charge in [-0.05, 0) is 49.9 Å². The molecule has 0 N–H and O–H groups in total. The molecule has 0 nitrogen and oxygen atoms in total. The second kappa shape index (κ2) is 18.6. The number of halogens is 1. The van der Waals surface area contributed by atoms with Gasteiger partial charge in [-0.25, -0.2) is 0 Å². The summed E-state index contributed by atoms with van der Waals surface area (Å²) in [6, 6.07) is 23.2. The molecule has 2 aromatic carbocycles. The number of rotatable bonds is 18. The Hall–Kier alpha value is -0.840. The average molecular weight is 475 g/mol. The zero-order valence-corrected chi connectivity index (χ0v) is 22.6. The number of hydrogen-bond acceptors (Lipinski definition) is 0. The van der Waals surface area contributed by atoms with E-state index in [9.17, 15) is 0 Å². The zero-order chi connectivity index (χ0) is 22.0. The third-order valence-electron chi connectivity index (χ3n) is 6.79. The SMILES string of the molecule is CCCCCCCCC[P+](CCCCCCCCC)(c1ccccc1)c1ccccc1.[Cl-]. The molecule has 2 aromatic rings. The molecule has 2 heteroatoms. The van der Waals surface area contributed by atoms with Crippen molar-refractivity contribution in [2.45, 2.75) is 104 Å². The van der Waals surface area contributed by atoms with Crippen LogP contribution in [0.5, 0.6) is 0 Å².